The smallest absolute Gasteiger partial charge is 0.221 e. The summed E-state index contributed by atoms with van der Waals surface area (Å²) in [5, 5.41) is 2.57. The average molecular weight is 234 g/mol. The minimum absolute atomic E-state index is 0.00313. The molecule has 0 aromatic heterocycles. The maximum Gasteiger partial charge on any atom is 0.221 e. The van der Waals surface area contributed by atoms with Crippen LogP contribution in [0.15, 0.2) is 18.2 Å². The topological polar surface area (TPSA) is 49.4 Å². The predicted molar refractivity (Wildman–Crippen MR) is 68.5 cm³/mol. The lowest BCUT2D eigenvalue weighted by molar-refractivity contribution is -0.120. The SMILES string of the molecule is CNC(=O)CCN(C)c1ccc(C)cc1C=O. The molecule has 0 aliphatic rings. The van der Waals surface area contributed by atoms with Gasteiger partial charge in [-0.2, -0.15) is 0 Å². The minimum Gasteiger partial charge on any atom is -0.374 e. The lowest BCUT2D eigenvalue weighted by Crippen LogP contribution is -2.26. The molecule has 4 nitrogen and oxygen atoms in total. The number of amides is 1. The lowest BCUT2D eigenvalue weighted by Gasteiger charge is -2.20. The fourth-order valence-electron chi connectivity index (χ4n) is 1.63. The molecule has 17 heavy (non-hydrogen) atoms. The van der Waals surface area contributed by atoms with Crippen molar-refractivity contribution in [3.63, 3.8) is 0 Å². The third-order valence-electron chi connectivity index (χ3n) is 2.67. The molecule has 0 radical (unpaired) electrons. The van der Waals surface area contributed by atoms with Gasteiger partial charge in [-0.3, -0.25) is 9.59 Å². The van der Waals surface area contributed by atoms with E-state index in [0.29, 0.717) is 18.5 Å². The molecular weight excluding hydrogens is 216 g/mol. The normalized spacial score (nSPS) is 9.82. The average Bonchev–Trinajstić information content (AvgIpc) is 2.35. The Morgan fingerprint density at radius 2 is 2.18 bits per heavy atom. The van der Waals surface area contributed by atoms with E-state index in [4.69, 9.17) is 0 Å². The Bertz CT molecular complexity index is 416. The molecule has 0 saturated heterocycles. The first-order chi connectivity index (χ1) is 8.08. The zero-order valence-corrected chi connectivity index (χ0v) is 10.5. The number of carbonyl (C=O) groups is 2. The van der Waals surface area contributed by atoms with Crippen molar-refractivity contribution in [3.05, 3.63) is 29.3 Å². The first-order valence-corrected chi connectivity index (χ1v) is 5.56. The first-order valence-electron chi connectivity index (χ1n) is 5.56. The minimum atomic E-state index is -0.00313. The summed E-state index contributed by atoms with van der Waals surface area (Å²) in [5.41, 5.74) is 2.56. The van der Waals surface area contributed by atoms with Gasteiger partial charge in [0.15, 0.2) is 6.29 Å². The van der Waals surface area contributed by atoms with E-state index in [-0.39, 0.29) is 5.91 Å². The highest BCUT2D eigenvalue weighted by molar-refractivity contribution is 5.85. The number of anilines is 1. The van der Waals surface area contributed by atoms with Crippen molar-refractivity contribution in [2.45, 2.75) is 13.3 Å². The van der Waals surface area contributed by atoms with Crippen LogP contribution in [-0.2, 0) is 4.79 Å². The molecule has 1 N–H and O–H groups in total. The molecule has 1 amide bonds. The van der Waals surface area contributed by atoms with Crippen LogP contribution in [0.2, 0.25) is 0 Å². The zero-order chi connectivity index (χ0) is 12.8. The van der Waals surface area contributed by atoms with Gasteiger partial charge in [0.1, 0.15) is 0 Å². The van der Waals surface area contributed by atoms with E-state index in [1.807, 2.05) is 37.1 Å². The molecule has 0 aliphatic carbocycles. The molecule has 92 valence electrons. The summed E-state index contributed by atoms with van der Waals surface area (Å²) in [6, 6.07) is 5.71. The number of hydrogen-bond acceptors (Lipinski definition) is 3. The molecular formula is C13H18N2O2. The van der Waals surface area contributed by atoms with Gasteiger partial charge < -0.3 is 10.2 Å². The van der Waals surface area contributed by atoms with Crippen LogP contribution >= 0.6 is 0 Å². The number of carbonyl (C=O) groups excluding carboxylic acids is 2. The highest BCUT2D eigenvalue weighted by atomic mass is 16.1. The molecule has 0 saturated carbocycles. The summed E-state index contributed by atoms with van der Waals surface area (Å²) in [7, 11) is 3.49. The first kappa shape index (κ1) is 13.2. The van der Waals surface area contributed by atoms with E-state index in [0.717, 1.165) is 17.5 Å². The number of nitrogens with zero attached hydrogens (tertiary/aromatic N) is 1. The quantitative estimate of drug-likeness (QED) is 0.783. The number of nitrogens with one attached hydrogen (secondary N) is 1. The molecule has 0 aliphatic heterocycles. The van der Waals surface area contributed by atoms with Gasteiger partial charge in [-0.15, -0.1) is 0 Å². The van der Waals surface area contributed by atoms with E-state index in [1.54, 1.807) is 7.05 Å². The number of hydrogen-bond donors (Lipinski definition) is 1. The van der Waals surface area contributed by atoms with Crippen molar-refractivity contribution in [2.75, 3.05) is 25.5 Å². The van der Waals surface area contributed by atoms with Crippen LogP contribution < -0.4 is 10.2 Å². The Hall–Kier alpha value is -1.84. The second-order valence-corrected chi connectivity index (χ2v) is 4.02. The van der Waals surface area contributed by atoms with Crippen molar-refractivity contribution in [2.24, 2.45) is 0 Å². The summed E-state index contributed by atoms with van der Waals surface area (Å²) in [6.07, 6.45) is 1.26. The van der Waals surface area contributed by atoms with E-state index < -0.39 is 0 Å². The largest absolute Gasteiger partial charge is 0.374 e. The van der Waals surface area contributed by atoms with Crippen molar-refractivity contribution in [1.29, 1.82) is 0 Å². The molecule has 0 heterocycles. The molecule has 0 fully saturated rings. The van der Waals surface area contributed by atoms with Gasteiger partial charge in [0, 0.05) is 38.3 Å². The molecule has 1 rings (SSSR count). The monoisotopic (exact) mass is 234 g/mol. The molecule has 4 heteroatoms. The van der Waals surface area contributed by atoms with Crippen LogP contribution in [0.1, 0.15) is 22.3 Å². The van der Waals surface area contributed by atoms with E-state index >= 15 is 0 Å². The van der Waals surface area contributed by atoms with Crippen LogP contribution in [0, 0.1) is 6.92 Å². The van der Waals surface area contributed by atoms with Crippen molar-refractivity contribution in [3.8, 4) is 0 Å². The lowest BCUT2D eigenvalue weighted by atomic mass is 10.1. The molecule has 0 unspecified atom stereocenters. The van der Waals surface area contributed by atoms with Crippen LogP contribution in [0.3, 0.4) is 0 Å². The Morgan fingerprint density at radius 1 is 1.47 bits per heavy atom. The van der Waals surface area contributed by atoms with Crippen molar-refractivity contribution < 1.29 is 9.59 Å². The number of aldehydes is 1. The van der Waals surface area contributed by atoms with Crippen molar-refractivity contribution >= 4 is 17.9 Å². The summed E-state index contributed by atoms with van der Waals surface area (Å²) in [5.74, 6) is -0.00313. The van der Waals surface area contributed by atoms with Crippen LogP contribution in [0.5, 0.6) is 0 Å². The maximum absolute atomic E-state index is 11.1. The second-order valence-electron chi connectivity index (χ2n) is 4.02. The van der Waals surface area contributed by atoms with E-state index in [1.165, 1.54) is 0 Å². The Kier molecular flexibility index (Phi) is 4.69. The summed E-state index contributed by atoms with van der Waals surface area (Å²) >= 11 is 0. The second kappa shape index (κ2) is 6.03. The third-order valence-corrected chi connectivity index (χ3v) is 2.67. The van der Waals surface area contributed by atoms with Gasteiger partial charge in [0.2, 0.25) is 5.91 Å². The molecule has 0 bridgehead atoms. The van der Waals surface area contributed by atoms with Crippen LogP contribution in [0.25, 0.3) is 0 Å². The maximum atomic E-state index is 11.1. The van der Waals surface area contributed by atoms with Gasteiger partial charge >= 0.3 is 0 Å². The number of benzene rings is 1. The highest BCUT2D eigenvalue weighted by Gasteiger charge is 2.08. The standard InChI is InChI=1S/C13H18N2O2/c1-10-4-5-12(11(8-10)9-16)15(3)7-6-13(17)14-2/h4-5,8-9H,6-7H2,1-3H3,(H,14,17). The molecule has 0 spiro atoms. The predicted octanol–water partition coefficient (Wildman–Crippen LogP) is 1.38. The Morgan fingerprint density at radius 3 is 2.76 bits per heavy atom. The van der Waals surface area contributed by atoms with E-state index in [9.17, 15) is 9.59 Å². The van der Waals surface area contributed by atoms with Gasteiger partial charge in [-0.05, 0) is 19.1 Å². The van der Waals surface area contributed by atoms with Gasteiger partial charge in [-0.25, -0.2) is 0 Å². The fraction of sp³-hybridized carbons (Fsp3) is 0.385. The summed E-state index contributed by atoms with van der Waals surface area (Å²) < 4.78 is 0. The van der Waals surface area contributed by atoms with Crippen LogP contribution in [-0.4, -0.2) is 32.8 Å². The molecule has 0 atom stereocenters. The number of aryl methyl sites for hydroxylation is 1. The number of rotatable bonds is 5. The van der Waals surface area contributed by atoms with Crippen LogP contribution in [0.4, 0.5) is 5.69 Å². The third kappa shape index (κ3) is 3.59. The Labute approximate surface area is 102 Å². The van der Waals surface area contributed by atoms with Gasteiger partial charge in [-0.1, -0.05) is 11.6 Å². The highest BCUT2D eigenvalue weighted by Crippen LogP contribution is 2.19. The summed E-state index contributed by atoms with van der Waals surface area (Å²) in [6.45, 7) is 2.53. The van der Waals surface area contributed by atoms with E-state index in [2.05, 4.69) is 5.32 Å². The van der Waals surface area contributed by atoms with Crippen molar-refractivity contribution in [1.82, 2.24) is 5.32 Å². The zero-order valence-electron chi connectivity index (χ0n) is 10.5. The summed E-state index contributed by atoms with van der Waals surface area (Å²) in [4.78, 5) is 24.0. The Balaban J connectivity index is 2.77. The fourth-order valence-corrected chi connectivity index (χ4v) is 1.63. The van der Waals surface area contributed by atoms with Gasteiger partial charge in [0.05, 0.1) is 0 Å². The molecule has 1 aromatic carbocycles. The van der Waals surface area contributed by atoms with Gasteiger partial charge in [0.25, 0.3) is 0 Å². The molecule has 1 aromatic rings.